The summed E-state index contributed by atoms with van der Waals surface area (Å²) in [6.45, 7) is 4.15. The molecule has 0 bridgehead atoms. The largest absolute Gasteiger partial charge is 0.497 e. The van der Waals surface area contributed by atoms with Crippen LogP contribution in [0.3, 0.4) is 0 Å². The quantitative estimate of drug-likeness (QED) is 0.312. The van der Waals surface area contributed by atoms with Crippen LogP contribution >= 0.6 is 0 Å². The van der Waals surface area contributed by atoms with Gasteiger partial charge in [0.1, 0.15) is 11.6 Å². The average molecular weight is 373 g/mol. The predicted molar refractivity (Wildman–Crippen MR) is 99.3 cm³/mol. The number of esters is 2. The predicted octanol–water partition coefficient (Wildman–Crippen LogP) is 2.36. The van der Waals surface area contributed by atoms with Gasteiger partial charge in [0.25, 0.3) is 0 Å². The van der Waals surface area contributed by atoms with Crippen LogP contribution in [0, 0.1) is 0 Å². The van der Waals surface area contributed by atoms with E-state index in [9.17, 15) is 9.59 Å². The second kappa shape index (κ2) is 10.0. The van der Waals surface area contributed by atoms with Crippen molar-refractivity contribution in [1.82, 2.24) is 9.78 Å². The second-order valence-electron chi connectivity index (χ2n) is 5.37. The van der Waals surface area contributed by atoms with E-state index in [-0.39, 0.29) is 18.8 Å². The molecule has 1 aromatic heterocycles. The number of carbonyl (C=O) groups excluding carboxylic acids is 2. The number of ether oxygens (including phenoxy) is 3. The van der Waals surface area contributed by atoms with Gasteiger partial charge in [0.2, 0.25) is 0 Å². The highest BCUT2D eigenvalue weighted by Crippen LogP contribution is 2.15. The van der Waals surface area contributed by atoms with Crippen LogP contribution in [0.15, 0.2) is 48.3 Å². The average Bonchev–Trinajstić information content (AvgIpc) is 3.10. The molecule has 0 aliphatic carbocycles. The number of hydrogen-bond donors (Lipinski definition) is 1. The van der Waals surface area contributed by atoms with Gasteiger partial charge in [-0.2, -0.15) is 5.10 Å². The maximum atomic E-state index is 12.0. The molecule has 1 heterocycles. The van der Waals surface area contributed by atoms with Crippen LogP contribution < -0.4 is 10.1 Å². The molecule has 144 valence electrons. The van der Waals surface area contributed by atoms with Crippen molar-refractivity contribution >= 4 is 17.8 Å². The molecule has 0 radical (unpaired) electrons. The van der Waals surface area contributed by atoms with Gasteiger partial charge in [0.05, 0.1) is 33.1 Å². The van der Waals surface area contributed by atoms with E-state index in [1.807, 2.05) is 24.3 Å². The topological polar surface area (TPSA) is 91.7 Å². The van der Waals surface area contributed by atoms with E-state index < -0.39 is 11.9 Å². The lowest BCUT2D eigenvalue weighted by molar-refractivity contribution is -0.146. The minimum Gasteiger partial charge on any atom is -0.497 e. The first-order valence-electron chi connectivity index (χ1n) is 8.54. The van der Waals surface area contributed by atoms with Crippen molar-refractivity contribution in [3.05, 3.63) is 53.9 Å². The summed E-state index contributed by atoms with van der Waals surface area (Å²) in [4.78, 5) is 24.0. The third-order valence-corrected chi connectivity index (χ3v) is 3.56. The summed E-state index contributed by atoms with van der Waals surface area (Å²) in [5, 5.41) is 7.18. The highest BCUT2D eigenvalue weighted by molar-refractivity contribution is 6.14. The van der Waals surface area contributed by atoms with Crippen LogP contribution in [0.2, 0.25) is 0 Å². The maximum absolute atomic E-state index is 12.0. The minimum absolute atomic E-state index is 0.158. The van der Waals surface area contributed by atoms with Gasteiger partial charge < -0.3 is 19.5 Å². The summed E-state index contributed by atoms with van der Waals surface area (Å²) in [6, 6.07) is 9.33. The van der Waals surface area contributed by atoms with Gasteiger partial charge in [0.15, 0.2) is 5.57 Å². The third-order valence-electron chi connectivity index (χ3n) is 3.56. The van der Waals surface area contributed by atoms with E-state index >= 15 is 0 Å². The van der Waals surface area contributed by atoms with E-state index in [2.05, 4.69) is 10.4 Å². The molecule has 2 aromatic rings. The molecular formula is C19H23N3O5. The summed E-state index contributed by atoms with van der Waals surface area (Å²) in [5.74, 6) is -0.111. The first kappa shape index (κ1) is 20.0. The van der Waals surface area contributed by atoms with Crippen LogP contribution in [0.25, 0.3) is 0 Å². The van der Waals surface area contributed by atoms with Crippen molar-refractivity contribution in [2.75, 3.05) is 25.6 Å². The van der Waals surface area contributed by atoms with Gasteiger partial charge in [-0.3, -0.25) is 0 Å². The Balaban J connectivity index is 2.15. The molecule has 8 heteroatoms. The zero-order valence-electron chi connectivity index (χ0n) is 15.6. The van der Waals surface area contributed by atoms with Crippen molar-refractivity contribution in [2.45, 2.75) is 20.4 Å². The number of benzene rings is 1. The van der Waals surface area contributed by atoms with Crippen molar-refractivity contribution in [3.63, 3.8) is 0 Å². The first-order chi connectivity index (χ1) is 13.1. The molecule has 1 aromatic carbocycles. The Kier molecular flexibility index (Phi) is 7.42. The van der Waals surface area contributed by atoms with Crippen molar-refractivity contribution in [1.29, 1.82) is 0 Å². The monoisotopic (exact) mass is 373 g/mol. The Morgan fingerprint density at radius 1 is 1.07 bits per heavy atom. The Morgan fingerprint density at radius 3 is 2.26 bits per heavy atom. The van der Waals surface area contributed by atoms with Crippen LogP contribution in [-0.4, -0.2) is 42.0 Å². The fraction of sp³-hybridized carbons (Fsp3) is 0.316. The van der Waals surface area contributed by atoms with E-state index in [1.165, 1.54) is 6.20 Å². The van der Waals surface area contributed by atoms with Crippen LogP contribution in [-0.2, 0) is 25.6 Å². The van der Waals surface area contributed by atoms with Gasteiger partial charge in [-0.25, -0.2) is 14.3 Å². The highest BCUT2D eigenvalue weighted by atomic mass is 16.6. The third kappa shape index (κ3) is 5.60. The summed E-state index contributed by atoms with van der Waals surface area (Å²) < 4.78 is 16.7. The lowest BCUT2D eigenvalue weighted by atomic mass is 10.2. The van der Waals surface area contributed by atoms with Crippen LogP contribution in [0.4, 0.5) is 5.82 Å². The normalized spacial score (nSPS) is 10.0. The van der Waals surface area contributed by atoms with Gasteiger partial charge in [-0.1, -0.05) is 12.1 Å². The number of rotatable bonds is 9. The Labute approximate surface area is 157 Å². The number of carbonyl (C=O) groups is 2. The summed E-state index contributed by atoms with van der Waals surface area (Å²) in [5.41, 5.74) is 0.804. The van der Waals surface area contributed by atoms with Crippen molar-refractivity contribution < 1.29 is 23.8 Å². The molecule has 2 rings (SSSR count). The van der Waals surface area contributed by atoms with Crippen molar-refractivity contribution in [3.8, 4) is 5.75 Å². The smallest absolute Gasteiger partial charge is 0.347 e. The molecule has 0 amide bonds. The SMILES string of the molecule is CCOC(=O)C(=CNc1ccnn1Cc1ccc(OC)cc1)C(=O)OCC. The van der Waals surface area contributed by atoms with Crippen LogP contribution in [0.5, 0.6) is 5.75 Å². The van der Waals surface area contributed by atoms with E-state index in [4.69, 9.17) is 14.2 Å². The van der Waals surface area contributed by atoms with Gasteiger partial charge in [-0.05, 0) is 31.5 Å². The molecule has 8 nitrogen and oxygen atoms in total. The molecule has 0 aliphatic heterocycles. The highest BCUT2D eigenvalue weighted by Gasteiger charge is 2.21. The standard InChI is InChI=1S/C19H23N3O5/c1-4-26-18(23)16(19(24)27-5-2)12-20-17-10-11-21-22(17)13-14-6-8-15(25-3)9-7-14/h6-12,20H,4-5,13H2,1-3H3. The van der Waals surface area contributed by atoms with E-state index in [0.29, 0.717) is 12.4 Å². The lowest BCUT2D eigenvalue weighted by Gasteiger charge is -2.10. The fourth-order valence-electron chi connectivity index (χ4n) is 2.25. The Bertz CT molecular complexity index is 776. The number of nitrogens with zero attached hydrogens (tertiary/aromatic N) is 2. The van der Waals surface area contributed by atoms with Crippen LogP contribution in [0.1, 0.15) is 19.4 Å². The fourth-order valence-corrected chi connectivity index (χ4v) is 2.25. The van der Waals surface area contributed by atoms with E-state index in [0.717, 1.165) is 11.3 Å². The lowest BCUT2D eigenvalue weighted by Crippen LogP contribution is -2.20. The number of aromatic nitrogens is 2. The number of anilines is 1. The van der Waals surface area contributed by atoms with Gasteiger partial charge in [-0.15, -0.1) is 0 Å². The second-order valence-corrected chi connectivity index (χ2v) is 5.37. The minimum atomic E-state index is -0.746. The molecule has 0 saturated heterocycles. The molecule has 0 atom stereocenters. The molecule has 0 fully saturated rings. The number of hydrogen-bond acceptors (Lipinski definition) is 7. The number of methoxy groups -OCH3 is 1. The zero-order valence-corrected chi connectivity index (χ0v) is 15.6. The van der Waals surface area contributed by atoms with Gasteiger partial charge >= 0.3 is 11.9 Å². The Morgan fingerprint density at radius 2 is 1.70 bits per heavy atom. The first-order valence-corrected chi connectivity index (χ1v) is 8.54. The molecular weight excluding hydrogens is 350 g/mol. The van der Waals surface area contributed by atoms with E-state index in [1.54, 1.807) is 37.9 Å². The zero-order chi connectivity index (χ0) is 19.6. The summed E-state index contributed by atoms with van der Waals surface area (Å²) >= 11 is 0. The summed E-state index contributed by atoms with van der Waals surface area (Å²) in [6.07, 6.45) is 2.89. The summed E-state index contributed by atoms with van der Waals surface area (Å²) in [7, 11) is 1.61. The van der Waals surface area contributed by atoms with Gasteiger partial charge in [0, 0.05) is 12.3 Å². The van der Waals surface area contributed by atoms with Crippen molar-refractivity contribution in [2.24, 2.45) is 0 Å². The molecule has 0 spiro atoms. The maximum Gasteiger partial charge on any atom is 0.347 e. The molecule has 0 unspecified atom stereocenters. The molecule has 27 heavy (non-hydrogen) atoms. The molecule has 0 saturated carbocycles. The Hall–Kier alpha value is -3.29. The molecule has 1 N–H and O–H groups in total. The number of nitrogens with one attached hydrogen (secondary N) is 1. The molecule has 0 aliphatic rings.